The summed E-state index contributed by atoms with van der Waals surface area (Å²) < 4.78 is 13.7. The second-order valence-electron chi connectivity index (χ2n) is 5.60. The number of nitrogens with one attached hydrogen (secondary N) is 2. The highest BCUT2D eigenvalue weighted by atomic mass is 19.1. The molecule has 0 atom stereocenters. The van der Waals surface area contributed by atoms with E-state index in [1.807, 2.05) is 0 Å². The fourth-order valence-corrected chi connectivity index (χ4v) is 1.91. The van der Waals surface area contributed by atoms with Crippen molar-refractivity contribution in [2.45, 2.75) is 13.8 Å². The number of hydrogen-bond acceptors (Lipinski definition) is 4. The van der Waals surface area contributed by atoms with Crippen LogP contribution >= 0.6 is 0 Å². The van der Waals surface area contributed by atoms with Gasteiger partial charge < -0.3 is 10.6 Å². The van der Waals surface area contributed by atoms with Gasteiger partial charge in [0.1, 0.15) is 5.82 Å². The van der Waals surface area contributed by atoms with Crippen LogP contribution < -0.4 is 10.6 Å². The number of carbonyl (C=O) groups is 2. The third-order valence-electron chi connectivity index (χ3n) is 3.35. The lowest BCUT2D eigenvalue weighted by molar-refractivity contribution is -0.384. The number of nitro groups is 1. The topological polar surface area (TPSA) is 101 Å². The molecule has 0 spiro atoms. The lowest BCUT2D eigenvalue weighted by Crippen LogP contribution is -2.18. The summed E-state index contributed by atoms with van der Waals surface area (Å²) in [6.45, 7) is 3.51. The van der Waals surface area contributed by atoms with E-state index in [4.69, 9.17) is 0 Å². The quantitative estimate of drug-likeness (QED) is 0.639. The molecular formula is C17H16FN3O4. The Morgan fingerprint density at radius 1 is 1.08 bits per heavy atom. The molecule has 0 fully saturated rings. The molecule has 7 nitrogen and oxygen atoms in total. The summed E-state index contributed by atoms with van der Waals surface area (Å²) in [6, 6.07) is 8.87. The van der Waals surface area contributed by atoms with Gasteiger partial charge in [-0.25, -0.2) is 4.39 Å². The Labute approximate surface area is 143 Å². The minimum atomic E-state index is -0.778. The van der Waals surface area contributed by atoms with Gasteiger partial charge in [0.25, 0.3) is 11.6 Å². The summed E-state index contributed by atoms with van der Waals surface area (Å²) in [5, 5.41) is 15.7. The number of nitrogens with zero attached hydrogens (tertiary/aromatic N) is 1. The molecule has 130 valence electrons. The van der Waals surface area contributed by atoms with Crippen LogP contribution in [0.3, 0.4) is 0 Å². The zero-order valence-electron chi connectivity index (χ0n) is 13.6. The van der Waals surface area contributed by atoms with Crippen LogP contribution in [0, 0.1) is 21.8 Å². The Morgan fingerprint density at radius 3 is 2.28 bits per heavy atom. The second-order valence-corrected chi connectivity index (χ2v) is 5.60. The first-order valence-corrected chi connectivity index (χ1v) is 7.44. The molecule has 2 aromatic carbocycles. The summed E-state index contributed by atoms with van der Waals surface area (Å²) in [7, 11) is 0. The fraction of sp³-hybridized carbons (Fsp3) is 0.176. The van der Waals surface area contributed by atoms with Crippen LogP contribution in [0.15, 0.2) is 42.5 Å². The average Bonchev–Trinajstić information content (AvgIpc) is 2.57. The van der Waals surface area contributed by atoms with Gasteiger partial charge in [0.2, 0.25) is 5.91 Å². The molecule has 25 heavy (non-hydrogen) atoms. The molecule has 0 aliphatic rings. The molecule has 0 saturated heterocycles. The third kappa shape index (κ3) is 4.60. The highest BCUT2D eigenvalue weighted by Crippen LogP contribution is 2.22. The van der Waals surface area contributed by atoms with Gasteiger partial charge >= 0.3 is 0 Å². The van der Waals surface area contributed by atoms with Crippen LogP contribution in [0.25, 0.3) is 0 Å². The summed E-state index contributed by atoms with van der Waals surface area (Å²) in [4.78, 5) is 33.8. The highest BCUT2D eigenvalue weighted by molar-refractivity contribution is 6.05. The minimum Gasteiger partial charge on any atom is -0.326 e. The van der Waals surface area contributed by atoms with E-state index < -0.39 is 16.6 Å². The number of non-ortho nitro benzene ring substituents is 1. The van der Waals surface area contributed by atoms with Crippen LogP contribution in [0.2, 0.25) is 0 Å². The summed E-state index contributed by atoms with van der Waals surface area (Å²) in [5.41, 5.74) is 0.130. The fourth-order valence-electron chi connectivity index (χ4n) is 1.91. The zero-order valence-corrected chi connectivity index (χ0v) is 13.6. The number of amides is 2. The Kier molecular flexibility index (Phi) is 5.43. The Bertz CT molecular complexity index is 819. The number of nitro benzene ring substituents is 1. The summed E-state index contributed by atoms with van der Waals surface area (Å²) >= 11 is 0. The van der Waals surface area contributed by atoms with Gasteiger partial charge in [-0.2, -0.15) is 0 Å². The number of carbonyl (C=O) groups excluding carboxylic acids is 2. The van der Waals surface area contributed by atoms with Crippen molar-refractivity contribution >= 4 is 28.9 Å². The molecule has 0 aromatic heterocycles. The van der Waals surface area contributed by atoms with E-state index in [9.17, 15) is 24.1 Å². The summed E-state index contributed by atoms with van der Waals surface area (Å²) in [5.74, 6) is -1.74. The molecule has 2 N–H and O–H groups in total. The minimum absolute atomic E-state index is 0.157. The highest BCUT2D eigenvalue weighted by Gasteiger charge is 2.14. The van der Waals surface area contributed by atoms with E-state index in [-0.39, 0.29) is 28.8 Å². The maximum absolute atomic E-state index is 13.7. The molecule has 0 heterocycles. The van der Waals surface area contributed by atoms with Crippen molar-refractivity contribution in [3.63, 3.8) is 0 Å². The monoisotopic (exact) mass is 345 g/mol. The van der Waals surface area contributed by atoms with Gasteiger partial charge in [-0.1, -0.05) is 13.8 Å². The van der Waals surface area contributed by atoms with E-state index >= 15 is 0 Å². The van der Waals surface area contributed by atoms with Gasteiger partial charge in [-0.3, -0.25) is 19.7 Å². The molecule has 2 aromatic rings. The van der Waals surface area contributed by atoms with Gasteiger partial charge in [0.05, 0.1) is 10.6 Å². The Morgan fingerprint density at radius 2 is 1.72 bits per heavy atom. The maximum atomic E-state index is 13.7. The van der Waals surface area contributed by atoms with Crippen molar-refractivity contribution in [2.75, 3.05) is 10.6 Å². The zero-order chi connectivity index (χ0) is 18.6. The van der Waals surface area contributed by atoms with E-state index in [2.05, 4.69) is 10.6 Å². The van der Waals surface area contributed by atoms with Crippen LogP contribution in [0.1, 0.15) is 24.2 Å². The standard InChI is InChI=1S/C17H16FN3O4/c1-10(2)16(22)19-12-5-3-11(4-6-12)17(23)20-15-9-13(21(24)25)7-8-14(15)18/h3-10H,1-2H3,(H,19,22)(H,20,23). The Balaban J connectivity index is 2.12. The maximum Gasteiger partial charge on any atom is 0.271 e. The van der Waals surface area contributed by atoms with Crippen molar-refractivity contribution in [3.8, 4) is 0 Å². The first-order valence-electron chi connectivity index (χ1n) is 7.44. The largest absolute Gasteiger partial charge is 0.326 e. The van der Waals surface area contributed by atoms with Gasteiger partial charge in [-0.05, 0) is 30.3 Å². The molecule has 0 unspecified atom stereocenters. The van der Waals surface area contributed by atoms with Crippen molar-refractivity contribution in [1.29, 1.82) is 0 Å². The molecule has 0 aliphatic heterocycles. The normalized spacial score (nSPS) is 10.4. The molecule has 0 radical (unpaired) electrons. The van der Waals surface area contributed by atoms with Gasteiger partial charge in [0.15, 0.2) is 0 Å². The van der Waals surface area contributed by atoms with E-state index in [1.165, 1.54) is 12.1 Å². The first kappa shape index (κ1) is 18.1. The smallest absolute Gasteiger partial charge is 0.271 e. The van der Waals surface area contributed by atoms with Crippen molar-refractivity contribution in [1.82, 2.24) is 0 Å². The number of rotatable bonds is 5. The van der Waals surface area contributed by atoms with Crippen LogP contribution in [0.5, 0.6) is 0 Å². The molecule has 0 saturated carbocycles. The number of halogens is 1. The van der Waals surface area contributed by atoms with Crippen molar-refractivity contribution in [2.24, 2.45) is 5.92 Å². The van der Waals surface area contributed by atoms with Gasteiger partial charge in [-0.15, -0.1) is 0 Å². The number of hydrogen-bond donors (Lipinski definition) is 2. The molecule has 0 aliphatic carbocycles. The van der Waals surface area contributed by atoms with Crippen LogP contribution in [-0.4, -0.2) is 16.7 Å². The number of benzene rings is 2. The summed E-state index contributed by atoms with van der Waals surface area (Å²) in [6.07, 6.45) is 0. The average molecular weight is 345 g/mol. The van der Waals surface area contributed by atoms with Gasteiger partial charge in [0, 0.05) is 29.3 Å². The molecule has 8 heteroatoms. The lowest BCUT2D eigenvalue weighted by atomic mass is 10.1. The van der Waals surface area contributed by atoms with E-state index in [0.717, 1.165) is 18.2 Å². The van der Waals surface area contributed by atoms with Crippen LogP contribution in [-0.2, 0) is 4.79 Å². The van der Waals surface area contributed by atoms with E-state index in [1.54, 1.807) is 26.0 Å². The van der Waals surface area contributed by atoms with Crippen molar-refractivity contribution < 1.29 is 18.9 Å². The molecule has 2 amide bonds. The van der Waals surface area contributed by atoms with Crippen molar-refractivity contribution in [3.05, 3.63) is 64.0 Å². The third-order valence-corrected chi connectivity index (χ3v) is 3.35. The first-order chi connectivity index (χ1) is 11.8. The SMILES string of the molecule is CC(C)C(=O)Nc1ccc(C(=O)Nc2cc([N+](=O)[O-])ccc2F)cc1. The van der Waals surface area contributed by atoms with E-state index in [0.29, 0.717) is 5.69 Å². The predicted octanol–water partition coefficient (Wildman–Crippen LogP) is 3.58. The molecule has 2 rings (SSSR count). The molecule has 0 bridgehead atoms. The Hall–Kier alpha value is -3.29. The molecular weight excluding hydrogens is 329 g/mol. The lowest BCUT2D eigenvalue weighted by Gasteiger charge is -2.09. The number of anilines is 2. The predicted molar refractivity (Wildman–Crippen MR) is 90.9 cm³/mol. The second kappa shape index (κ2) is 7.52. The van der Waals surface area contributed by atoms with Crippen LogP contribution in [0.4, 0.5) is 21.5 Å².